The molecule has 1 heterocycles. The summed E-state index contributed by atoms with van der Waals surface area (Å²) in [6, 6.07) is 11.1. The number of nitrogens with one attached hydrogen (secondary N) is 1. The van der Waals surface area contributed by atoms with Crippen molar-refractivity contribution in [2.24, 2.45) is 0 Å². The van der Waals surface area contributed by atoms with Gasteiger partial charge in [-0.2, -0.15) is 0 Å². The number of ether oxygens (including phenoxy) is 3. The summed E-state index contributed by atoms with van der Waals surface area (Å²) < 4.78 is 43.2. The number of methoxy groups -OCH3 is 1. The molecule has 0 aromatic heterocycles. The summed E-state index contributed by atoms with van der Waals surface area (Å²) in [4.78, 5) is 28.3. The quantitative estimate of drug-likeness (QED) is 0.421. The van der Waals surface area contributed by atoms with E-state index in [-0.39, 0.29) is 30.7 Å². The van der Waals surface area contributed by atoms with Crippen LogP contribution in [-0.2, 0) is 26.2 Å². The third-order valence-electron chi connectivity index (χ3n) is 6.07. The van der Waals surface area contributed by atoms with Crippen LogP contribution in [0, 0.1) is 0 Å². The lowest BCUT2D eigenvalue weighted by atomic mass is 10.1. The van der Waals surface area contributed by atoms with Crippen LogP contribution in [0.5, 0.6) is 17.2 Å². The van der Waals surface area contributed by atoms with Crippen LogP contribution in [0.3, 0.4) is 0 Å². The van der Waals surface area contributed by atoms with Gasteiger partial charge < -0.3 is 24.4 Å². The third-order valence-corrected chi connectivity index (χ3v) is 7.81. The van der Waals surface area contributed by atoms with E-state index in [1.807, 2.05) is 26.0 Å². The normalized spacial score (nSPS) is 13.1. The molecule has 1 atom stereocenters. The highest BCUT2D eigenvalue weighted by Gasteiger charge is 2.33. The molecule has 0 spiro atoms. The van der Waals surface area contributed by atoms with Crippen LogP contribution >= 0.6 is 0 Å². The fourth-order valence-corrected chi connectivity index (χ4v) is 5.03. The molecule has 1 aliphatic rings. The average Bonchev–Trinajstić information content (AvgIpc) is 3.38. The van der Waals surface area contributed by atoms with Gasteiger partial charge in [0.05, 0.1) is 18.6 Å². The zero-order chi connectivity index (χ0) is 27.0. The van der Waals surface area contributed by atoms with Gasteiger partial charge in [0.25, 0.3) is 0 Å². The molecular formula is C26H35N3O7S. The molecule has 10 nitrogen and oxygen atoms in total. The Morgan fingerprint density at radius 1 is 1.05 bits per heavy atom. The average molecular weight is 534 g/mol. The predicted octanol–water partition coefficient (Wildman–Crippen LogP) is 2.91. The van der Waals surface area contributed by atoms with Gasteiger partial charge in [-0.3, -0.25) is 13.9 Å². The van der Waals surface area contributed by atoms with Crippen molar-refractivity contribution in [1.82, 2.24) is 10.2 Å². The predicted molar refractivity (Wildman–Crippen MR) is 140 cm³/mol. The Kier molecular flexibility index (Phi) is 9.62. The first-order chi connectivity index (χ1) is 17.7. The van der Waals surface area contributed by atoms with Gasteiger partial charge in [-0.25, -0.2) is 8.42 Å². The second-order valence-electron chi connectivity index (χ2n) is 8.53. The maximum Gasteiger partial charge on any atom is 0.244 e. The largest absolute Gasteiger partial charge is 0.497 e. The highest BCUT2D eigenvalue weighted by atomic mass is 32.2. The monoisotopic (exact) mass is 533 g/mol. The van der Waals surface area contributed by atoms with Crippen LogP contribution in [0.25, 0.3) is 0 Å². The zero-order valence-electron chi connectivity index (χ0n) is 21.7. The van der Waals surface area contributed by atoms with E-state index in [4.69, 9.17) is 14.2 Å². The summed E-state index contributed by atoms with van der Waals surface area (Å²) in [5.74, 6) is 0.590. The Balaban J connectivity index is 1.95. The van der Waals surface area contributed by atoms with Crippen molar-refractivity contribution < 1.29 is 32.2 Å². The molecule has 202 valence electrons. The highest BCUT2D eigenvalue weighted by molar-refractivity contribution is 7.92. The maximum absolute atomic E-state index is 13.8. The van der Waals surface area contributed by atoms with Crippen LogP contribution < -0.4 is 23.8 Å². The number of benzene rings is 2. The topological polar surface area (TPSA) is 114 Å². The molecule has 1 aliphatic heterocycles. The van der Waals surface area contributed by atoms with Crippen LogP contribution in [0.1, 0.15) is 39.2 Å². The van der Waals surface area contributed by atoms with E-state index in [1.54, 1.807) is 37.4 Å². The van der Waals surface area contributed by atoms with Crippen molar-refractivity contribution in [1.29, 1.82) is 0 Å². The summed E-state index contributed by atoms with van der Waals surface area (Å²) in [5, 5.41) is 2.86. The maximum atomic E-state index is 13.8. The van der Waals surface area contributed by atoms with Gasteiger partial charge in [0.2, 0.25) is 28.6 Å². The smallest absolute Gasteiger partial charge is 0.244 e. The number of carbonyl (C=O) groups is 2. The van der Waals surface area contributed by atoms with Crippen LogP contribution in [0.4, 0.5) is 5.69 Å². The van der Waals surface area contributed by atoms with Gasteiger partial charge >= 0.3 is 0 Å². The molecule has 11 heteroatoms. The molecule has 0 bridgehead atoms. The molecule has 1 N–H and O–H groups in total. The van der Waals surface area contributed by atoms with E-state index in [0.717, 1.165) is 16.3 Å². The minimum absolute atomic E-state index is 0.0406. The fourth-order valence-electron chi connectivity index (χ4n) is 3.97. The van der Waals surface area contributed by atoms with Crippen LogP contribution in [0.2, 0.25) is 0 Å². The Labute approximate surface area is 218 Å². The van der Waals surface area contributed by atoms with Crippen molar-refractivity contribution in [3.05, 3.63) is 48.0 Å². The number of rotatable bonds is 13. The van der Waals surface area contributed by atoms with E-state index in [0.29, 0.717) is 30.2 Å². The van der Waals surface area contributed by atoms with E-state index in [1.165, 1.54) is 11.8 Å². The number of carbonyl (C=O) groups excluding carboxylic acids is 2. The van der Waals surface area contributed by atoms with Gasteiger partial charge in [-0.15, -0.1) is 0 Å². The number of sulfonamides is 1. The van der Waals surface area contributed by atoms with Crippen molar-refractivity contribution in [3.8, 4) is 17.2 Å². The van der Waals surface area contributed by atoms with Crippen LogP contribution in [-0.4, -0.2) is 63.9 Å². The number of fused-ring (bicyclic) bond motifs is 1. The SMILES string of the molecule is CCCNC(=O)[C@H](CC)N(Cc1ccc(OC)cc1)C(=O)CN(c1ccc2c(c1)OCO2)S(=O)(=O)CC. The van der Waals surface area contributed by atoms with E-state index < -0.39 is 28.5 Å². The molecule has 37 heavy (non-hydrogen) atoms. The Morgan fingerprint density at radius 2 is 1.76 bits per heavy atom. The molecular weight excluding hydrogens is 498 g/mol. The number of anilines is 1. The standard InChI is InChI=1S/C26H35N3O7S/c1-5-14-27-26(31)22(6-2)28(16-19-8-11-21(34-4)12-9-19)25(30)17-29(37(32,33)7-3)20-10-13-23-24(15-20)36-18-35-23/h8-13,15,22H,5-7,14,16-18H2,1-4H3,(H,27,31)/t22-/m0/s1. The van der Waals surface area contributed by atoms with E-state index >= 15 is 0 Å². The van der Waals surface area contributed by atoms with E-state index in [2.05, 4.69) is 5.32 Å². The lowest BCUT2D eigenvalue weighted by molar-refractivity contribution is -0.140. The zero-order valence-corrected chi connectivity index (χ0v) is 22.5. The van der Waals surface area contributed by atoms with Crippen LogP contribution in [0.15, 0.2) is 42.5 Å². The summed E-state index contributed by atoms with van der Waals surface area (Å²) >= 11 is 0. The van der Waals surface area contributed by atoms with Crippen molar-refractivity contribution in [2.75, 3.05) is 37.1 Å². The second kappa shape index (κ2) is 12.7. The molecule has 0 unspecified atom stereocenters. The fraction of sp³-hybridized carbons (Fsp3) is 0.462. The van der Waals surface area contributed by atoms with Gasteiger partial charge in [-0.05, 0) is 49.6 Å². The summed E-state index contributed by atoms with van der Waals surface area (Å²) in [6.07, 6.45) is 1.11. The molecule has 2 aromatic carbocycles. The summed E-state index contributed by atoms with van der Waals surface area (Å²) in [6.45, 7) is 5.46. The Bertz CT molecular complexity index is 1190. The number of hydrogen-bond acceptors (Lipinski definition) is 7. The van der Waals surface area contributed by atoms with Gasteiger partial charge in [-0.1, -0.05) is 26.0 Å². The molecule has 0 radical (unpaired) electrons. The highest BCUT2D eigenvalue weighted by Crippen LogP contribution is 2.36. The second-order valence-corrected chi connectivity index (χ2v) is 10.7. The number of nitrogens with zero attached hydrogens (tertiary/aromatic N) is 2. The first-order valence-corrected chi connectivity index (χ1v) is 13.9. The molecule has 0 aliphatic carbocycles. The van der Waals surface area contributed by atoms with Crippen molar-refractivity contribution in [3.63, 3.8) is 0 Å². The first-order valence-electron chi connectivity index (χ1n) is 12.3. The summed E-state index contributed by atoms with van der Waals surface area (Å²) in [5.41, 5.74) is 1.07. The minimum Gasteiger partial charge on any atom is -0.497 e. The molecule has 0 saturated carbocycles. The minimum atomic E-state index is -3.84. The van der Waals surface area contributed by atoms with Gasteiger partial charge in [0.15, 0.2) is 11.5 Å². The lowest BCUT2D eigenvalue weighted by Gasteiger charge is -2.33. The van der Waals surface area contributed by atoms with Gasteiger partial charge in [0.1, 0.15) is 18.3 Å². The van der Waals surface area contributed by atoms with Crippen molar-refractivity contribution >= 4 is 27.5 Å². The lowest BCUT2D eigenvalue weighted by Crippen LogP contribution is -2.52. The molecule has 2 aromatic rings. The third kappa shape index (κ3) is 6.85. The van der Waals surface area contributed by atoms with E-state index in [9.17, 15) is 18.0 Å². The molecule has 0 saturated heterocycles. The molecule has 0 fully saturated rings. The number of amides is 2. The summed E-state index contributed by atoms with van der Waals surface area (Å²) in [7, 11) is -2.27. The van der Waals surface area contributed by atoms with Gasteiger partial charge in [0, 0.05) is 19.2 Å². The Hall–Kier alpha value is -3.47. The molecule has 3 rings (SSSR count). The van der Waals surface area contributed by atoms with Crippen molar-refractivity contribution in [2.45, 2.75) is 46.2 Å². The Morgan fingerprint density at radius 3 is 2.38 bits per heavy atom. The molecule has 2 amide bonds. The number of hydrogen-bond donors (Lipinski definition) is 1. The first kappa shape index (κ1) is 28.1.